The zero-order valence-corrected chi connectivity index (χ0v) is 10.5. The summed E-state index contributed by atoms with van der Waals surface area (Å²) in [6, 6.07) is 10.1. The molecule has 0 saturated heterocycles. The van der Waals surface area contributed by atoms with E-state index >= 15 is 0 Å². The first-order valence-corrected chi connectivity index (χ1v) is 6.46. The van der Waals surface area contributed by atoms with Gasteiger partial charge in [-0.25, -0.2) is 0 Å². The van der Waals surface area contributed by atoms with Crippen molar-refractivity contribution in [1.29, 1.82) is 0 Å². The van der Waals surface area contributed by atoms with Crippen molar-refractivity contribution in [2.75, 3.05) is 0 Å². The van der Waals surface area contributed by atoms with Crippen LogP contribution >= 0.6 is 0 Å². The lowest BCUT2D eigenvalue weighted by Crippen LogP contribution is -2.23. The van der Waals surface area contributed by atoms with Crippen LogP contribution in [-0.4, -0.2) is 11.6 Å². The molecule has 0 fully saturated rings. The average Bonchev–Trinajstić information content (AvgIpc) is 2.44. The van der Waals surface area contributed by atoms with E-state index in [2.05, 4.69) is 6.08 Å². The van der Waals surface area contributed by atoms with Crippen molar-refractivity contribution in [3.63, 3.8) is 0 Å². The van der Waals surface area contributed by atoms with Crippen LogP contribution in [0.15, 0.2) is 65.8 Å². The number of ketones is 2. The van der Waals surface area contributed by atoms with Gasteiger partial charge in [0.2, 0.25) is 0 Å². The first-order chi connectivity index (χ1) is 9.25. The molecule has 0 saturated carbocycles. The van der Waals surface area contributed by atoms with E-state index in [-0.39, 0.29) is 17.5 Å². The van der Waals surface area contributed by atoms with E-state index < -0.39 is 0 Å². The van der Waals surface area contributed by atoms with Crippen LogP contribution in [-0.2, 0) is 16.0 Å². The van der Waals surface area contributed by atoms with Gasteiger partial charge in [-0.1, -0.05) is 42.5 Å². The lowest BCUT2D eigenvalue weighted by molar-refractivity contribution is -0.115. The second-order valence-corrected chi connectivity index (χ2v) is 4.88. The first kappa shape index (κ1) is 11.8. The minimum absolute atomic E-state index is 0.0140. The summed E-state index contributed by atoms with van der Waals surface area (Å²) in [6.45, 7) is 0. The average molecular weight is 250 g/mol. The normalized spacial score (nSPS) is 21.8. The van der Waals surface area contributed by atoms with Crippen molar-refractivity contribution >= 4 is 11.6 Å². The minimum Gasteiger partial charge on any atom is -0.290 e. The Morgan fingerprint density at radius 2 is 1.74 bits per heavy atom. The highest BCUT2D eigenvalue weighted by Crippen LogP contribution is 2.31. The molecule has 2 aliphatic rings. The number of hydrogen-bond acceptors (Lipinski definition) is 2. The van der Waals surface area contributed by atoms with E-state index in [0.717, 1.165) is 6.42 Å². The van der Waals surface area contributed by atoms with Crippen molar-refractivity contribution in [2.24, 2.45) is 5.92 Å². The maximum atomic E-state index is 12.0. The molecule has 1 aromatic rings. The maximum absolute atomic E-state index is 12.0. The van der Waals surface area contributed by atoms with Crippen LogP contribution in [0, 0.1) is 5.92 Å². The fourth-order valence-corrected chi connectivity index (χ4v) is 2.72. The first-order valence-electron chi connectivity index (χ1n) is 6.46. The molecule has 0 spiro atoms. The minimum atomic E-state index is -0.0167. The molecule has 1 unspecified atom stereocenters. The van der Waals surface area contributed by atoms with Gasteiger partial charge < -0.3 is 0 Å². The van der Waals surface area contributed by atoms with Crippen LogP contribution in [0.2, 0.25) is 0 Å². The van der Waals surface area contributed by atoms with Gasteiger partial charge in [-0.05, 0) is 30.6 Å². The summed E-state index contributed by atoms with van der Waals surface area (Å²) in [6.07, 6.45) is 8.18. The molecule has 0 bridgehead atoms. The quantitative estimate of drug-likeness (QED) is 0.597. The van der Waals surface area contributed by atoms with Gasteiger partial charge in [0.05, 0.1) is 0 Å². The Morgan fingerprint density at radius 3 is 2.53 bits per heavy atom. The van der Waals surface area contributed by atoms with Gasteiger partial charge in [-0.3, -0.25) is 9.59 Å². The van der Waals surface area contributed by atoms with Gasteiger partial charge in [-0.15, -0.1) is 0 Å². The molecule has 0 heterocycles. The Kier molecular flexibility index (Phi) is 3.00. The largest absolute Gasteiger partial charge is 0.290 e. The molecule has 1 atom stereocenters. The molecule has 0 aromatic heterocycles. The maximum Gasteiger partial charge on any atom is 0.182 e. The third kappa shape index (κ3) is 2.22. The lowest BCUT2D eigenvalue weighted by atomic mass is 9.78. The molecule has 19 heavy (non-hydrogen) atoms. The van der Waals surface area contributed by atoms with Crippen molar-refractivity contribution in [2.45, 2.75) is 12.8 Å². The lowest BCUT2D eigenvalue weighted by Gasteiger charge is -2.24. The summed E-state index contributed by atoms with van der Waals surface area (Å²) in [5, 5.41) is 0. The molecular weight excluding hydrogens is 236 g/mol. The molecule has 0 N–H and O–H groups in total. The van der Waals surface area contributed by atoms with Gasteiger partial charge in [0.25, 0.3) is 0 Å². The Balaban J connectivity index is 1.93. The molecule has 94 valence electrons. The molecule has 0 amide bonds. The monoisotopic (exact) mass is 250 g/mol. The number of carbonyl (C=O) groups excluding carboxylic acids is 2. The van der Waals surface area contributed by atoms with Crippen LogP contribution in [0.1, 0.15) is 12.0 Å². The standard InChI is InChI=1S/C17H14O2/c18-15-9-10-16(19)17-13(7-4-8-14(15)17)11-12-5-2-1-3-6-12/h1-7,9-10,13H,8,11H2. The molecule has 2 aliphatic carbocycles. The molecule has 3 rings (SSSR count). The van der Waals surface area contributed by atoms with Crippen molar-refractivity contribution in [3.8, 4) is 0 Å². The summed E-state index contributed by atoms with van der Waals surface area (Å²) in [5.74, 6) is -0.00978. The molecule has 0 radical (unpaired) electrons. The summed E-state index contributed by atoms with van der Waals surface area (Å²) >= 11 is 0. The van der Waals surface area contributed by atoms with Gasteiger partial charge in [0, 0.05) is 17.1 Å². The molecule has 1 aromatic carbocycles. The number of carbonyl (C=O) groups is 2. The Morgan fingerprint density at radius 1 is 1.00 bits per heavy atom. The topological polar surface area (TPSA) is 34.1 Å². The third-order valence-electron chi connectivity index (χ3n) is 3.63. The third-order valence-corrected chi connectivity index (χ3v) is 3.63. The van der Waals surface area contributed by atoms with Gasteiger partial charge in [0.15, 0.2) is 11.6 Å². The van der Waals surface area contributed by atoms with Gasteiger partial charge >= 0.3 is 0 Å². The number of rotatable bonds is 2. The fourth-order valence-electron chi connectivity index (χ4n) is 2.72. The van der Waals surface area contributed by atoms with E-state index in [0.29, 0.717) is 17.6 Å². The van der Waals surface area contributed by atoms with Gasteiger partial charge in [-0.2, -0.15) is 0 Å². The highest BCUT2D eigenvalue weighted by molar-refractivity contribution is 6.20. The van der Waals surface area contributed by atoms with Crippen LogP contribution in [0.5, 0.6) is 0 Å². The Labute approximate surface area is 112 Å². The molecule has 0 aliphatic heterocycles. The Hall–Kier alpha value is -2.22. The van der Waals surface area contributed by atoms with Crippen molar-refractivity contribution in [1.82, 2.24) is 0 Å². The SMILES string of the molecule is O=C1C=CC(=O)C2=C1CC=CC2Cc1ccccc1. The predicted octanol–water partition coefficient (Wildman–Crippen LogP) is 2.81. The summed E-state index contributed by atoms with van der Waals surface area (Å²) in [5.41, 5.74) is 2.55. The van der Waals surface area contributed by atoms with Crippen LogP contribution in [0.4, 0.5) is 0 Å². The van der Waals surface area contributed by atoms with E-state index in [1.54, 1.807) is 0 Å². The number of benzene rings is 1. The Bertz CT molecular complexity index is 618. The van der Waals surface area contributed by atoms with Crippen LogP contribution in [0.3, 0.4) is 0 Å². The molecule has 2 heteroatoms. The zero-order chi connectivity index (χ0) is 13.2. The smallest absolute Gasteiger partial charge is 0.182 e. The van der Waals surface area contributed by atoms with E-state index in [1.165, 1.54) is 17.7 Å². The second kappa shape index (κ2) is 4.81. The second-order valence-electron chi connectivity index (χ2n) is 4.88. The number of allylic oxidation sites excluding steroid dienone is 6. The van der Waals surface area contributed by atoms with Crippen LogP contribution in [0.25, 0.3) is 0 Å². The van der Waals surface area contributed by atoms with Crippen molar-refractivity contribution < 1.29 is 9.59 Å². The van der Waals surface area contributed by atoms with E-state index in [4.69, 9.17) is 0 Å². The molecule has 2 nitrogen and oxygen atoms in total. The fraction of sp³-hybridized carbons (Fsp3) is 0.176. The summed E-state index contributed by atoms with van der Waals surface area (Å²) < 4.78 is 0. The molecular formula is C17H14O2. The highest BCUT2D eigenvalue weighted by Gasteiger charge is 2.29. The van der Waals surface area contributed by atoms with E-state index in [9.17, 15) is 9.59 Å². The summed E-state index contributed by atoms with van der Waals surface area (Å²) in [7, 11) is 0. The van der Waals surface area contributed by atoms with Crippen LogP contribution < -0.4 is 0 Å². The van der Waals surface area contributed by atoms with E-state index in [1.807, 2.05) is 36.4 Å². The zero-order valence-electron chi connectivity index (χ0n) is 10.5. The van der Waals surface area contributed by atoms with Crippen molar-refractivity contribution in [3.05, 3.63) is 71.3 Å². The van der Waals surface area contributed by atoms with Gasteiger partial charge in [0.1, 0.15) is 0 Å². The number of hydrogen-bond donors (Lipinski definition) is 0. The summed E-state index contributed by atoms with van der Waals surface area (Å²) in [4.78, 5) is 23.9. The predicted molar refractivity (Wildman–Crippen MR) is 73.6 cm³/mol. The highest BCUT2D eigenvalue weighted by atomic mass is 16.1.